The molecule has 1 heterocycles. The second-order valence-electron chi connectivity index (χ2n) is 5.77. The Hall–Kier alpha value is -3.36. The predicted octanol–water partition coefficient (Wildman–Crippen LogP) is 4.84. The van der Waals surface area contributed by atoms with E-state index >= 15 is 0 Å². The molecule has 3 aromatic rings. The summed E-state index contributed by atoms with van der Waals surface area (Å²) in [7, 11) is 1.45. The number of rotatable bonds is 4. The number of nitrogens with one attached hydrogen (secondary N) is 1. The fourth-order valence-corrected chi connectivity index (χ4v) is 2.95. The molecule has 0 spiro atoms. The van der Waals surface area contributed by atoms with Crippen molar-refractivity contribution >= 4 is 23.2 Å². The van der Waals surface area contributed by atoms with Crippen LogP contribution in [0.15, 0.2) is 54.6 Å². The lowest BCUT2D eigenvalue weighted by molar-refractivity contribution is 0.102. The molecule has 27 heavy (non-hydrogen) atoms. The second kappa shape index (κ2) is 7.90. The van der Waals surface area contributed by atoms with Crippen LogP contribution in [-0.4, -0.2) is 18.0 Å². The summed E-state index contributed by atoms with van der Waals surface area (Å²) < 4.78 is 5.27. The lowest BCUT2D eigenvalue weighted by atomic mass is 9.94. The smallest absolute Gasteiger partial charge is 0.258 e. The lowest BCUT2D eigenvalue weighted by Gasteiger charge is -2.16. The Balaban J connectivity index is 2.18. The van der Waals surface area contributed by atoms with E-state index in [-0.39, 0.29) is 17.4 Å². The highest BCUT2D eigenvalue weighted by atomic mass is 35.5. The minimum atomic E-state index is -0.361. The summed E-state index contributed by atoms with van der Waals surface area (Å²) in [5.41, 5.74) is 2.84. The maximum atomic E-state index is 13.0. The topological polar surface area (TPSA) is 75.0 Å². The Morgan fingerprint density at radius 2 is 1.81 bits per heavy atom. The predicted molar refractivity (Wildman–Crippen MR) is 105 cm³/mol. The number of hydrogen-bond acceptors (Lipinski definition) is 4. The SMILES string of the molecule is COc1nc(C)c(C(=O)Nc2ccc(Cl)cc2)c(-c2ccccc2)c1C#N. The second-order valence-corrected chi connectivity index (χ2v) is 6.21. The Morgan fingerprint density at radius 1 is 1.15 bits per heavy atom. The molecule has 0 radical (unpaired) electrons. The van der Waals surface area contributed by atoms with Crippen LogP contribution in [-0.2, 0) is 0 Å². The van der Waals surface area contributed by atoms with Crippen molar-refractivity contribution < 1.29 is 9.53 Å². The molecule has 0 aliphatic rings. The van der Waals surface area contributed by atoms with Gasteiger partial charge in [-0.1, -0.05) is 41.9 Å². The van der Waals surface area contributed by atoms with E-state index in [2.05, 4.69) is 16.4 Å². The van der Waals surface area contributed by atoms with Crippen molar-refractivity contribution in [2.75, 3.05) is 12.4 Å². The molecule has 0 saturated heterocycles. The van der Waals surface area contributed by atoms with Crippen molar-refractivity contribution in [1.29, 1.82) is 5.26 Å². The van der Waals surface area contributed by atoms with E-state index in [0.717, 1.165) is 5.56 Å². The summed E-state index contributed by atoms with van der Waals surface area (Å²) in [6, 6.07) is 18.2. The number of halogens is 1. The number of methoxy groups -OCH3 is 1. The Morgan fingerprint density at radius 3 is 2.41 bits per heavy atom. The van der Waals surface area contributed by atoms with E-state index < -0.39 is 0 Å². The van der Waals surface area contributed by atoms with Gasteiger partial charge in [-0.3, -0.25) is 4.79 Å². The molecule has 0 fully saturated rings. The third kappa shape index (κ3) is 3.76. The van der Waals surface area contributed by atoms with Crippen LogP contribution < -0.4 is 10.1 Å². The van der Waals surface area contributed by atoms with Crippen LogP contribution in [0.3, 0.4) is 0 Å². The average molecular weight is 378 g/mol. The standard InChI is InChI=1S/C21H16ClN3O2/c1-13-18(20(26)25-16-10-8-15(22)9-11-16)19(14-6-4-3-5-7-14)17(12-23)21(24-13)27-2/h3-11H,1-2H3,(H,25,26). The normalized spacial score (nSPS) is 10.1. The number of nitrogens with zero attached hydrogens (tertiary/aromatic N) is 2. The molecule has 1 aromatic heterocycles. The molecule has 0 atom stereocenters. The molecular formula is C21H16ClN3O2. The molecular weight excluding hydrogens is 362 g/mol. The van der Waals surface area contributed by atoms with Crippen LogP contribution in [0, 0.1) is 18.3 Å². The van der Waals surface area contributed by atoms with Gasteiger partial charge < -0.3 is 10.1 Å². The Labute approximate surface area is 162 Å². The van der Waals surface area contributed by atoms with Crippen LogP contribution in [0.2, 0.25) is 5.02 Å². The highest BCUT2D eigenvalue weighted by Crippen LogP contribution is 2.34. The summed E-state index contributed by atoms with van der Waals surface area (Å²) in [4.78, 5) is 17.3. The maximum absolute atomic E-state index is 13.0. The van der Waals surface area contributed by atoms with Crippen molar-refractivity contribution in [3.8, 4) is 23.1 Å². The van der Waals surface area contributed by atoms with Gasteiger partial charge in [0, 0.05) is 16.3 Å². The molecule has 134 valence electrons. The van der Waals surface area contributed by atoms with E-state index in [0.29, 0.717) is 27.5 Å². The van der Waals surface area contributed by atoms with Gasteiger partial charge in [0.15, 0.2) is 0 Å². The third-order valence-electron chi connectivity index (χ3n) is 4.04. The molecule has 3 rings (SSSR count). The number of ether oxygens (including phenoxy) is 1. The fourth-order valence-electron chi connectivity index (χ4n) is 2.83. The first kappa shape index (κ1) is 18.4. The number of aryl methyl sites for hydroxylation is 1. The first-order valence-electron chi connectivity index (χ1n) is 8.16. The van der Waals surface area contributed by atoms with Gasteiger partial charge in [-0.25, -0.2) is 4.98 Å². The maximum Gasteiger partial charge on any atom is 0.258 e. The minimum Gasteiger partial charge on any atom is -0.480 e. The summed E-state index contributed by atoms with van der Waals surface area (Å²) in [6.07, 6.45) is 0. The molecule has 1 amide bonds. The van der Waals surface area contributed by atoms with Gasteiger partial charge in [0.25, 0.3) is 5.91 Å². The molecule has 2 aromatic carbocycles. The van der Waals surface area contributed by atoms with Crippen LogP contribution in [0.1, 0.15) is 21.6 Å². The third-order valence-corrected chi connectivity index (χ3v) is 4.29. The number of pyridine rings is 1. The zero-order valence-corrected chi connectivity index (χ0v) is 15.5. The van der Waals surface area contributed by atoms with Gasteiger partial charge in [-0.2, -0.15) is 5.26 Å². The summed E-state index contributed by atoms with van der Waals surface area (Å²) in [5, 5.41) is 13.1. The number of carbonyl (C=O) groups excluding carboxylic acids is 1. The lowest BCUT2D eigenvalue weighted by Crippen LogP contribution is -2.17. The molecule has 1 N–H and O–H groups in total. The first-order valence-corrected chi connectivity index (χ1v) is 8.54. The van der Waals surface area contributed by atoms with E-state index in [1.807, 2.05) is 30.3 Å². The van der Waals surface area contributed by atoms with Gasteiger partial charge in [0.2, 0.25) is 5.88 Å². The number of benzene rings is 2. The monoisotopic (exact) mass is 377 g/mol. The van der Waals surface area contributed by atoms with Crippen LogP contribution in [0.25, 0.3) is 11.1 Å². The number of amides is 1. The molecule has 0 bridgehead atoms. The van der Waals surface area contributed by atoms with Crippen molar-refractivity contribution in [2.24, 2.45) is 0 Å². The zero-order valence-electron chi connectivity index (χ0n) is 14.8. The van der Waals surface area contributed by atoms with Gasteiger partial charge in [0.05, 0.1) is 18.4 Å². The van der Waals surface area contributed by atoms with Crippen molar-refractivity contribution in [1.82, 2.24) is 4.98 Å². The highest BCUT2D eigenvalue weighted by Gasteiger charge is 2.24. The van der Waals surface area contributed by atoms with Gasteiger partial charge >= 0.3 is 0 Å². The zero-order chi connectivity index (χ0) is 19.4. The number of nitriles is 1. The summed E-state index contributed by atoms with van der Waals surface area (Å²) in [6.45, 7) is 1.72. The summed E-state index contributed by atoms with van der Waals surface area (Å²) >= 11 is 5.90. The van der Waals surface area contributed by atoms with Gasteiger partial charge in [-0.15, -0.1) is 0 Å². The van der Waals surface area contributed by atoms with E-state index in [9.17, 15) is 10.1 Å². The fraction of sp³-hybridized carbons (Fsp3) is 0.0952. The highest BCUT2D eigenvalue weighted by molar-refractivity contribution is 6.30. The first-order chi connectivity index (χ1) is 13.0. The molecule has 0 aliphatic heterocycles. The van der Waals surface area contributed by atoms with E-state index in [1.54, 1.807) is 31.2 Å². The van der Waals surface area contributed by atoms with E-state index in [1.165, 1.54) is 7.11 Å². The number of anilines is 1. The Bertz CT molecular complexity index is 1030. The van der Waals surface area contributed by atoms with E-state index in [4.69, 9.17) is 16.3 Å². The number of hydrogen-bond donors (Lipinski definition) is 1. The van der Waals surface area contributed by atoms with Crippen LogP contribution in [0.5, 0.6) is 5.88 Å². The molecule has 0 saturated carbocycles. The Kier molecular flexibility index (Phi) is 5.39. The molecule has 0 unspecified atom stereocenters. The van der Waals surface area contributed by atoms with Crippen molar-refractivity contribution in [3.05, 3.63) is 76.4 Å². The van der Waals surface area contributed by atoms with Gasteiger partial charge in [0.1, 0.15) is 11.6 Å². The van der Waals surface area contributed by atoms with Crippen molar-refractivity contribution in [2.45, 2.75) is 6.92 Å². The quantitative estimate of drug-likeness (QED) is 0.705. The number of aromatic nitrogens is 1. The van der Waals surface area contributed by atoms with Crippen molar-refractivity contribution in [3.63, 3.8) is 0 Å². The largest absolute Gasteiger partial charge is 0.480 e. The van der Waals surface area contributed by atoms with Crippen LogP contribution >= 0.6 is 11.6 Å². The number of carbonyl (C=O) groups is 1. The minimum absolute atomic E-state index is 0.192. The van der Waals surface area contributed by atoms with Gasteiger partial charge in [-0.05, 0) is 36.8 Å². The average Bonchev–Trinajstić information content (AvgIpc) is 2.69. The van der Waals surface area contributed by atoms with Crippen LogP contribution in [0.4, 0.5) is 5.69 Å². The molecule has 0 aliphatic carbocycles. The molecule has 5 nitrogen and oxygen atoms in total. The summed E-state index contributed by atoms with van der Waals surface area (Å²) in [5.74, 6) is -0.169. The molecule has 6 heteroatoms.